The Labute approximate surface area is 114 Å². The highest BCUT2D eigenvalue weighted by atomic mass is 35.5. The van der Waals surface area contributed by atoms with E-state index < -0.39 is 17.3 Å². The summed E-state index contributed by atoms with van der Waals surface area (Å²) in [5.41, 5.74) is 0.0897. The molecule has 0 spiro atoms. The highest BCUT2D eigenvalue weighted by molar-refractivity contribution is 6.27. The number of hydrogen-bond acceptors (Lipinski definition) is 3. The summed E-state index contributed by atoms with van der Waals surface area (Å²) >= 11 is 5.45. The van der Waals surface area contributed by atoms with E-state index in [2.05, 4.69) is 10.1 Å². The highest BCUT2D eigenvalue weighted by Crippen LogP contribution is 2.45. The summed E-state index contributed by atoms with van der Waals surface area (Å²) in [5, 5.41) is 2.76. The molecule has 0 bridgehead atoms. The van der Waals surface area contributed by atoms with E-state index in [0.29, 0.717) is 18.4 Å². The summed E-state index contributed by atoms with van der Waals surface area (Å²) in [6, 6.07) is 3.96. The molecule has 4 nitrogen and oxygen atoms in total. The van der Waals surface area contributed by atoms with Crippen molar-refractivity contribution in [1.82, 2.24) is 5.32 Å². The molecule has 6 heteroatoms. The Bertz CT molecular complexity index is 529. The number of halogens is 2. The Morgan fingerprint density at radius 1 is 1.42 bits per heavy atom. The molecule has 0 aliphatic heterocycles. The number of benzene rings is 1. The fraction of sp³-hybridized carbons (Fsp3) is 0.385. The molecule has 1 amide bonds. The molecule has 0 radical (unpaired) electrons. The van der Waals surface area contributed by atoms with Crippen LogP contribution in [0.15, 0.2) is 18.2 Å². The van der Waals surface area contributed by atoms with Gasteiger partial charge in [-0.1, -0.05) is 0 Å². The third kappa shape index (κ3) is 2.87. The van der Waals surface area contributed by atoms with Crippen LogP contribution < -0.4 is 5.32 Å². The minimum absolute atomic E-state index is 0.129. The lowest BCUT2D eigenvalue weighted by Gasteiger charge is -2.18. The number of rotatable bonds is 4. The van der Waals surface area contributed by atoms with Crippen molar-refractivity contribution in [3.63, 3.8) is 0 Å². The SMILES string of the molecule is COC(=O)c1cc(F)cc(C2(NC(=O)CCl)CC2)c1. The number of hydrogen-bond donors (Lipinski definition) is 1. The van der Waals surface area contributed by atoms with Gasteiger partial charge in [0.2, 0.25) is 5.91 Å². The summed E-state index contributed by atoms with van der Waals surface area (Å²) in [6.07, 6.45) is 1.39. The second-order valence-corrected chi connectivity index (χ2v) is 4.75. The molecule has 0 heterocycles. The van der Waals surface area contributed by atoms with Crippen LogP contribution in [0.4, 0.5) is 4.39 Å². The van der Waals surface area contributed by atoms with Crippen molar-refractivity contribution in [2.75, 3.05) is 13.0 Å². The normalized spacial score (nSPS) is 15.7. The first kappa shape index (κ1) is 13.8. The molecule has 1 aromatic carbocycles. The highest BCUT2D eigenvalue weighted by Gasteiger charge is 2.46. The summed E-state index contributed by atoms with van der Waals surface area (Å²) in [7, 11) is 1.23. The summed E-state index contributed by atoms with van der Waals surface area (Å²) in [5.74, 6) is -1.62. The maximum absolute atomic E-state index is 13.6. The molecule has 1 N–H and O–H groups in total. The van der Waals surface area contributed by atoms with Gasteiger partial charge in [-0.2, -0.15) is 0 Å². The van der Waals surface area contributed by atoms with Gasteiger partial charge >= 0.3 is 5.97 Å². The second-order valence-electron chi connectivity index (χ2n) is 4.48. The van der Waals surface area contributed by atoms with Crippen molar-refractivity contribution < 1.29 is 18.7 Å². The molecule has 1 aromatic rings. The van der Waals surface area contributed by atoms with Gasteiger partial charge in [-0.25, -0.2) is 9.18 Å². The molecule has 1 aliphatic carbocycles. The van der Waals surface area contributed by atoms with E-state index in [9.17, 15) is 14.0 Å². The monoisotopic (exact) mass is 285 g/mol. The van der Waals surface area contributed by atoms with Crippen molar-refractivity contribution in [3.05, 3.63) is 35.1 Å². The number of methoxy groups -OCH3 is 1. The lowest BCUT2D eigenvalue weighted by Crippen LogP contribution is -2.35. The summed E-state index contributed by atoms with van der Waals surface area (Å²) in [4.78, 5) is 22.8. The molecule has 0 atom stereocenters. The van der Waals surface area contributed by atoms with Gasteiger partial charge in [-0.3, -0.25) is 4.79 Å². The molecule has 1 fully saturated rings. The van der Waals surface area contributed by atoms with Gasteiger partial charge in [-0.15, -0.1) is 11.6 Å². The first-order chi connectivity index (χ1) is 9.00. The standard InChI is InChI=1S/C13H13ClFNO3/c1-19-12(18)8-4-9(6-10(15)5-8)13(2-3-13)16-11(17)7-14/h4-6H,2-3,7H2,1H3,(H,16,17). The van der Waals surface area contributed by atoms with Crippen molar-refractivity contribution in [1.29, 1.82) is 0 Å². The zero-order valence-corrected chi connectivity index (χ0v) is 11.1. The molecule has 1 aliphatic rings. The van der Waals surface area contributed by atoms with Crippen LogP contribution in [-0.2, 0) is 15.1 Å². The molecular formula is C13H13ClFNO3. The molecule has 102 valence electrons. The first-order valence-corrected chi connectivity index (χ1v) is 6.30. The lowest BCUT2D eigenvalue weighted by molar-refractivity contribution is -0.119. The van der Waals surface area contributed by atoms with Gasteiger partial charge in [0, 0.05) is 0 Å². The first-order valence-electron chi connectivity index (χ1n) is 5.77. The fourth-order valence-electron chi connectivity index (χ4n) is 2.01. The van der Waals surface area contributed by atoms with Gasteiger partial charge in [0.05, 0.1) is 18.2 Å². The van der Waals surface area contributed by atoms with Crippen LogP contribution in [0.2, 0.25) is 0 Å². The zero-order chi connectivity index (χ0) is 14.0. The minimum Gasteiger partial charge on any atom is -0.465 e. The van der Waals surface area contributed by atoms with E-state index in [1.54, 1.807) is 0 Å². The van der Waals surface area contributed by atoms with Gasteiger partial charge in [0.1, 0.15) is 11.7 Å². The van der Waals surface area contributed by atoms with E-state index in [0.717, 1.165) is 6.07 Å². The Morgan fingerprint density at radius 3 is 2.63 bits per heavy atom. The topological polar surface area (TPSA) is 55.4 Å². The second kappa shape index (κ2) is 5.17. The smallest absolute Gasteiger partial charge is 0.337 e. The van der Waals surface area contributed by atoms with Gasteiger partial charge in [0.25, 0.3) is 0 Å². The number of ether oxygens (including phenoxy) is 1. The maximum atomic E-state index is 13.6. The van der Waals surface area contributed by atoms with Gasteiger partial charge < -0.3 is 10.1 Å². The van der Waals surface area contributed by atoms with Crippen LogP contribution in [0.3, 0.4) is 0 Å². The summed E-state index contributed by atoms with van der Waals surface area (Å²) in [6.45, 7) is 0. The minimum atomic E-state index is -0.611. The van der Waals surface area contributed by atoms with Crippen LogP contribution in [0, 0.1) is 5.82 Å². The number of nitrogens with one attached hydrogen (secondary N) is 1. The van der Waals surface area contributed by atoms with Crippen LogP contribution in [0.25, 0.3) is 0 Å². The molecule has 1 saturated carbocycles. The predicted molar refractivity (Wildman–Crippen MR) is 67.5 cm³/mol. The van der Waals surface area contributed by atoms with Crippen molar-refractivity contribution in [2.24, 2.45) is 0 Å². The predicted octanol–water partition coefficient (Wildman–Crippen LogP) is 1.96. The van der Waals surface area contributed by atoms with Crippen molar-refractivity contribution in [2.45, 2.75) is 18.4 Å². The van der Waals surface area contributed by atoms with Gasteiger partial charge in [0.15, 0.2) is 0 Å². The van der Waals surface area contributed by atoms with Crippen LogP contribution >= 0.6 is 11.6 Å². The van der Waals surface area contributed by atoms with E-state index in [1.807, 2.05) is 0 Å². The molecule has 0 unspecified atom stereocenters. The average Bonchev–Trinajstić information content (AvgIpc) is 3.17. The third-order valence-electron chi connectivity index (χ3n) is 3.12. The van der Waals surface area contributed by atoms with Crippen LogP contribution in [0.5, 0.6) is 0 Å². The Morgan fingerprint density at radius 2 is 2.11 bits per heavy atom. The fourth-order valence-corrected chi connectivity index (χ4v) is 2.08. The van der Waals surface area contributed by atoms with Crippen molar-refractivity contribution in [3.8, 4) is 0 Å². The van der Waals surface area contributed by atoms with Crippen LogP contribution in [0.1, 0.15) is 28.8 Å². The quantitative estimate of drug-likeness (QED) is 0.680. The van der Waals surface area contributed by atoms with Crippen molar-refractivity contribution >= 4 is 23.5 Å². The maximum Gasteiger partial charge on any atom is 0.337 e. The third-order valence-corrected chi connectivity index (χ3v) is 3.36. The Balaban J connectivity index is 2.32. The number of carbonyl (C=O) groups excluding carboxylic acids is 2. The molecule has 2 rings (SSSR count). The number of carbonyl (C=O) groups is 2. The Hall–Kier alpha value is -1.62. The molecule has 0 aromatic heterocycles. The van der Waals surface area contributed by atoms with E-state index >= 15 is 0 Å². The molecule has 19 heavy (non-hydrogen) atoms. The number of esters is 1. The van der Waals surface area contributed by atoms with Crippen LogP contribution in [-0.4, -0.2) is 24.9 Å². The largest absolute Gasteiger partial charge is 0.465 e. The van der Waals surface area contributed by atoms with Gasteiger partial charge in [-0.05, 0) is 36.6 Å². The molecule has 0 saturated heterocycles. The van der Waals surface area contributed by atoms with E-state index in [4.69, 9.17) is 11.6 Å². The molecular weight excluding hydrogens is 273 g/mol. The number of amides is 1. The Kier molecular flexibility index (Phi) is 3.75. The number of alkyl halides is 1. The zero-order valence-electron chi connectivity index (χ0n) is 10.3. The average molecular weight is 286 g/mol. The lowest BCUT2D eigenvalue weighted by atomic mass is 10.0. The van der Waals surface area contributed by atoms with E-state index in [-0.39, 0.29) is 17.4 Å². The summed E-state index contributed by atoms with van der Waals surface area (Å²) < 4.78 is 18.1. The van der Waals surface area contributed by atoms with E-state index in [1.165, 1.54) is 19.2 Å².